The number of carbonyl (C=O) groups excluding carboxylic acids is 1. The van der Waals surface area contributed by atoms with Crippen LogP contribution in [0.3, 0.4) is 0 Å². The third-order valence-electron chi connectivity index (χ3n) is 4.22. The number of fused-ring (bicyclic) bond motifs is 1. The minimum Gasteiger partial charge on any atom is -0.375 e. The number of thiophene rings is 1. The lowest BCUT2D eigenvalue weighted by atomic mass is 10.2. The van der Waals surface area contributed by atoms with Gasteiger partial charge in [-0.3, -0.25) is 9.48 Å². The smallest absolute Gasteiger partial charge is 0.264 e. The van der Waals surface area contributed by atoms with E-state index in [1.165, 1.54) is 0 Å². The van der Waals surface area contributed by atoms with Gasteiger partial charge in [-0.15, -0.1) is 11.3 Å². The molecule has 1 aliphatic rings. The molecule has 2 aromatic heterocycles. The first-order valence-electron chi connectivity index (χ1n) is 8.26. The molecule has 0 bridgehead atoms. The Morgan fingerprint density at radius 1 is 1.48 bits per heavy atom. The fraction of sp³-hybridized carbons (Fsp3) is 0.647. The van der Waals surface area contributed by atoms with Crippen LogP contribution in [0, 0.1) is 12.8 Å². The highest BCUT2D eigenvalue weighted by atomic mass is 32.1. The molecule has 0 aliphatic carbocycles. The standard InChI is InChI=1S/C17H25N3O2S/c1-10(2)7-20-17-14(13(5)18-20)6-15(23-17)16(21)19-8-12(4)22-9-11(19)3/h6,10-12H,7-9H2,1-5H3/t11-,12-/m0/s1. The average molecular weight is 335 g/mol. The zero-order chi connectivity index (χ0) is 16.7. The predicted octanol–water partition coefficient (Wildman–Crippen LogP) is 3.31. The molecular formula is C17H25N3O2S. The van der Waals surface area contributed by atoms with Gasteiger partial charge < -0.3 is 9.64 Å². The molecule has 0 unspecified atom stereocenters. The van der Waals surface area contributed by atoms with Crippen molar-refractivity contribution in [1.29, 1.82) is 0 Å². The summed E-state index contributed by atoms with van der Waals surface area (Å²) in [5, 5.41) is 5.72. The first kappa shape index (κ1) is 16.5. The van der Waals surface area contributed by atoms with Gasteiger partial charge in [0, 0.05) is 18.5 Å². The number of nitrogens with zero attached hydrogens (tertiary/aromatic N) is 3. The average Bonchev–Trinajstić information content (AvgIpc) is 3.03. The number of amides is 1. The molecule has 0 N–H and O–H groups in total. The Labute approximate surface area is 141 Å². The summed E-state index contributed by atoms with van der Waals surface area (Å²) in [5.41, 5.74) is 0.999. The monoisotopic (exact) mass is 335 g/mol. The Morgan fingerprint density at radius 2 is 2.22 bits per heavy atom. The van der Waals surface area contributed by atoms with Crippen molar-refractivity contribution >= 4 is 27.5 Å². The Kier molecular flexibility index (Phi) is 4.47. The van der Waals surface area contributed by atoms with Crippen LogP contribution in [-0.2, 0) is 11.3 Å². The molecular weight excluding hydrogens is 310 g/mol. The number of aromatic nitrogens is 2. The van der Waals surface area contributed by atoms with Crippen molar-refractivity contribution in [3.8, 4) is 0 Å². The molecule has 6 heteroatoms. The Morgan fingerprint density at radius 3 is 2.91 bits per heavy atom. The summed E-state index contributed by atoms with van der Waals surface area (Å²) >= 11 is 1.56. The summed E-state index contributed by atoms with van der Waals surface area (Å²) in [6.45, 7) is 12.6. The van der Waals surface area contributed by atoms with Crippen molar-refractivity contribution in [1.82, 2.24) is 14.7 Å². The molecule has 1 aliphatic heterocycles. The summed E-state index contributed by atoms with van der Waals surface area (Å²) in [6.07, 6.45) is 0.0997. The van der Waals surface area contributed by atoms with Gasteiger partial charge in [0.2, 0.25) is 0 Å². The second-order valence-electron chi connectivity index (χ2n) is 6.94. The first-order chi connectivity index (χ1) is 10.9. The molecule has 2 aromatic rings. The fourth-order valence-corrected chi connectivity index (χ4v) is 4.14. The molecule has 1 fully saturated rings. The van der Waals surface area contributed by atoms with E-state index in [9.17, 15) is 4.79 Å². The third-order valence-corrected chi connectivity index (χ3v) is 5.36. The number of aryl methyl sites for hydroxylation is 1. The van der Waals surface area contributed by atoms with E-state index in [0.717, 1.165) is 27.3 Å². The number of morpholine rings is 1. The van der Waals surface area contributed by atoms with Crippen LogP contribution in [0.1, 0.15) is 43.1 Å². The van der Waals surface area contributed by atoms with Crippen LogP contribution in [0.25, 0.3) is 10.2 Å². The number of hydrogen-bond donors (Lipinski definition) is 0. The van der Waals surface area contributed by atoms with Gasteiger partial charge in [-0.25, -0.2) is 0 Å². The van der Waals surface area contributed by atoms with E-state index in [2.05, 4.69) is 18.9 Å². The summed E-state index contributed by atoms with van der Waals surface area (Å²) in [6, 6.07) is 2.13. The highest BCUT2D eigenvalue weighted by Gasteiger charge is 2.29. The van der Waals surface area contributed by atoms with Crippen LogP contribution in [0.4, 0.5) is 0 Å². The molecule has 3 heterocycles. The van der Waals surface area contributed by atoms with Gasteiger partial charge in [-0.1, -0.05) is 13.8 Å². The lowest BCUT2D eigenvalue weighted by molar-refractivity contribution is -0.0385. The highest BCUT2D eigenvalue weighted by molar-refractivity contribution is 7.20. The molecule has 0 radical (unpaired) electrons. The SMILES string of the molecule is Cc1nn(CC(C)C)c2sc(C(=O)N3C[C@H](C)OC[C@@H]3C)cc12. The van der Waals surface area contributed by atoms with E-state index in [-0.39, 0.29) is 18.1 Å². The lowest BCUT2D eigenvalue weighted by Crippen LogP contribution is -2.50. The van der Waals surface area contributed by atoms with Crippen LogP contribution in [0.2, 0.25) is 0 Å². The number of carbonyl (C=O) groups is 1. The van der Waals surface area contributed by atoms with E-state index in [1.54, 1.807) is 11.3 Å². The second kappa shape index (κ2) is 6.24. The maximum Gasteiger partial charge on any atom is 0.264 e. The van der Waals surface area contributed by atoms with Crippen molar-refractivity contribution < 1.29 is 9.53 Å². The largest absolute Gasteiger partial charge is 0.375 e. The summed E-state index contributed by atoms with van der Waals surface area (Å²) in [5.74, 6) is 0.642. The van der Waals surface area contributed by atoms with Crippen LogP contribution in [0.5, 0.6) is 0 Å². The van der Waals surface area contributed by atoms with Crippen LogP contribution < -0.4 is 0 Å². The van der Waals surface area contributed by atoms with E-state index in [1.807, 2.05) is 36.4 Å². The summed E-state index contributed by atoms with van der Waals surface area (Å²) < 4.78 is 7.67. The van der Waals surface area contributed by atoms with Crippen LogP contribution in [0.15, 0.2) is 6.07 Å². The van der Waals surface area contributed by atoms with Gasteiger partial charge in [0.1, 0.15) is 4.83 Å². The zero-order valence-electron chi connectivity index (χ0n) is 14.5. The minimum absolute atomic E-state index is 0.0997. The number of hydrogen-bond acceptors (Lipinski definition) is 4. The van der Waals surface area contributed by atoms with E-state index in [0.29, 0.717) is 19.1 Å². The predicted molar refractivity (Wildman–Crippen MR) is 93.1 cm³/mol. The molecule has 2 atom stereocenters. The van der Waals surface area contributed by atoms with Gasteiger partial charge in [-0.2, -0.15) is 5.10 Å². The van der Waals surface area contributed by atoms with Crippen molar-refractivity contribution in [2.24, 2.45) is 5.92 Å². The summed E-state index contributed by atoms with van der Waals surface area (Å²) in [7, 11) is 0. The highest BCUT2D eigenvalue weighted by Crippen LogP contribution is 2.30. The normalized spacial score (nSPS) is 22.3. The van der Waals surface area contributed by atoms with Crippen molar-refractivity contribution in [3.05, 3.63) is 16.6 Å². The van der Waals surface area contributed by atoms with Crippen molar-refractivity contribution in [2.75, 3.05) is 13.2 Å². The molecule has 5 nitrogen and oxygen atoms in total. The minimum atomic E-state index is 0.0997. The van der Waals surface area contributed by atoms with Gasteiger partial charge in [0.15, 0.2) is 0 Å². The molecule has 1 amide bonds. The molecule has 0 spiro atoms. The zero-order valence-corrected chi connectivity index (χ0v) is 15.3. The molecule has 3 rings (SSSR count). The van der Waals surface area contributed by atoms with Gasteiger partial charge in [0.05, 0.1) is 29.3 Å². The molecule has 23 heavy (non-hydrogen) atoms. The van der Waals surface area contributed by atoms with E-state index >= 15 is 0 Å². The topological polar surface area (TPSA) is 47.4 Å². The molecule has 0 saturated carbocycles. The Hall–Kier alpha value is -1.40. The quantitative estimate of drug-likeness (QED) is 0.864. The van der Waals surface area contributed by atoms with Gasteiger partial charge in [0.25, 0.3) is 5.91 Å². The Bertz CT molecular complexity index is 719. The molecule has 1 saturated heterocycles. The molecule has 0 aromatic carbocycles. The van der Waals surface area contributed by atoms with Gasteiger partial charge >= 0.3 is 0 Å². The maximum absolute atomic E-state index is 12.9. The molecule has 126 valence electrons. The number of rotatable bonds is 3. The van der Waals surface area contributed by atoms with Crippen LogP contribution in [-0.4, -0.2) is 45.9 Å². The fourth-order valence-electron chi connectivity index (χ4n) is 3.02. The van der Waals surface area contributed by atoms with Crippen molar-refractivity contribution in [3.63, 3.8) is 0 Å². The summed E-state index contributed by atoms with van der Waals surface area (Å²) in [4.78, 5) is 16.8. The first-order valence-corrected chi connectivity index (χ1v) is 9.08. The number of ether oxygens (including phenoxy) is 1. The van der Waals surface area contributed by atoms with E-state index in [4.69, 9.17) is 4.74 Å². The third kappa shape index (κ3) is 3.15. The van der Waals surface area contributed by atoms with Crippen LogP contribution >= 0.6 is 11.3 Å². The van der Waals surface area contributed by atoms with Gasteiger partial charge in [-0.05, 0) is 32.8 Å². The lowest BCUT2D eigenvalue weighted by Gasteiger charge is -2.36. The Balaban J connectivity index is 1.92. The van der Waals surface area contributed by atoms with Crippen molar-refractivity contribution in [2.45, 2.75) is 53.3 Å². The maximum atomic E-state index is 12.9. The second-order valence-corrected chi connectivity index (χ2v) is 7.97. The van der Waals surface area contributed by atoms with E-state index < -0.39 is 0 Å².